The Labute approximate surface area is 103 Å². The van der Waals surface area contributed by atoms with Crippen molar-refractivity contribution in [2.75, 3.05) is 19.6 Å². The van der Waals surface area contributed by atoms with Crippen LogP contribution < -0.4 is 10.2 Å². The summed E-state index contributed by atoms with van der Waals surface area (Å²) in [5, 5.41) is 3.40. The van der Waals surface area contributed by atoms with Gasteiger partial charge in [0, 0.05) is 12.0 Å². The highest BCUT2D eigenvalue weighted by molar-refractivity contribution is 5.63. The van der Waals surface area contributed by atoms with E-state index < -0.39 is 0 Å². The van der Waals surface area contributed by atoms with Crippen LogP contribution in [0.4, 0.5) is 5.69 Å². The monoisotopic (exact) mass is 228 g/mol. The van der Waals surface area contributed by atoms with Crippen molar-refractivity contribution in [3.8, 4) is 0 Å². The van der Waals surface area contributed by atoms with Crippen molar-refractivity contribution in [1.29, 1.82) is 0 Å². The lowest BCUT2D eigenvalue weighted by molar-refractivity contribution is -0.775. The maximum Gasteiger partial charge on any atom is 0.109 e. The number of benzene rings is 1. The summed E-state index contributed by atoms with van der Waals surface area (Å²) in [5.41, 5.74) is 5.93. The maximum atomic E-state index is 4.15. The van der Waals surface area contributed by atoms with E-state index >= 15 is 0 Å². The molecule has 0 amide bonds. The number of fused-ring (bicyclic) bond motifs is 1. The first-order valence-corrected chi connectivity index (χ1v) is 6.55. The Morgan fingerprint density at radius 1 is 1.18 bits per heavy atom. The molecule has 1 saturated heterocycles. The third-order valence-electron chi connectivity index (χ3n) is 3.88. The predicted octanol–water partition coefficient (Wildman–Crippen LogP) is 1.32. The van der Waals surface area contributed by atoms with Crippen LogP contribution in [0.3, 0.4) is 0 Å². The normalized spacial score (nSPS) is 23.6. The van der Waals surface area contributed by atoms with Gasteiger partial charge < -0.3 is 10.2 Å². The second-order valence-electron chi connectivity index (χ2n) is 5.03. The Bertz CT molecular complexity index is 440. The number of nitrogens with one attached hydrogen (secondary N) is 2. The van der Waals surface area contributed by atoms with Gasteiger partial charge in [0.1, 0.15) is 5.69 Å². The summed E-state index contributed by atoms with van der Waals surface area (Å²) < 4.78 is 0. The Hall–Kier alpha value is -1.12. The van der Waals surface area contributed by atoms with Gasteiger partial charge in [-0.3, -0.25) is 0 Å². The van der Waals surface area contributed by atoms with Gasteiger partial charge in [-0.25, -0.2) is 0 Å². The Morgan fingerprint density at radius 2 is 2.00 bits per heavy atom. The van der Waals surface area contributed by atoms with Crippen molar-refractivity contribution in [2.24, 2.45) is 0 Å². The summed E-state index contributed by atoms with van der Waals surface area (Å²) in [6.07, 6.45) is 5.99. The van der Waals surface area contributed by atoms with Crippen LogP contribution in [0.1, 0.15) is 24.0 Å². The molecular formula is C15H20N2. The molecule has 3 rings (SSSR count). The fourth-order valence-electron chi connectivity index (χ4n) is 2.87. The number of rotatable bonds is 1. The quantitative estimate of drug-likeness (QED) is 0.693. The fraction of sp³-hybridized carbons (Fsp3) is 0.400. The molecule has 1 aromatic rings. The molecule has 2 heteroatoms. The second kappa shape index (κ2) is 4.63. The zero-order valence-corrected chi connectivity index (χ0v) is 10.3. The third kappa shape index (κ3) is 2.15. The topological polar surface area (TPSA) is 16.5 Å². The molecule has 1 aromatic carbocycles. The molecule has 0 bridgehead atoms. The standard InChI is InChI=1S/C15H20N2/c1-17-10-7-14-13(3-2-4-15(14)17)11-12-5-8-16-9-6-12/h2-4,11,16-17H,1,5-10H2. The van der Waals surface area contributed by atoms with Gasteiger partial charge in [-0.1, -0.05) is 23.8 Å². The van der Waals surface area contributed by atoms with Gasteiger partial charge in [0.15, 0.2) is 0 Å². The van der Waals surface area contributed by atoms with Crippen molar-refractivity contribution in [3.63, 3.8) is 0 Å². The van der Waals surface area contributed by atoms with E-state index in [-0.39, 0.29) is 0 Å². The Balaban J connectivity index is 1.93. The second-order valence-corrected chi connectivity index (χ2v) is 5.03. The highest BCUT2D eigenvalue weighted by Crippen LogP contribution is 2.24. The van der Waals surface area contributed by atoms with Crippen LogP contribution >= 0.6 is 0 Å². The summed E-state index contributed by atoms with van der Waals surface area (Å²) in [6, 6.07) is 6.64. The molecule has 0 saturated carbocycles. The van der Waals surface area contributed by atoms with Crippen LogP contribution in [-0.4, -0.2) is 19.6 Å². The molecule has 1 unspecified atom stereocenters. The van der Waals surface area contributed by atoms with E-state index in [1.165, 1.54) is 41.0 Å². The van der Waals surface area contributed by atoms with Gasteiger partial charge in [0.25, 0.3) is 0 Å². The van der Waals surface area contributed by atoms with Crippen molar-refractivity contribution in [2.45, 2.75) is 19.3 Å². The zero-order chi connectivity index (χ0) is 11.7. The smallest absolute Gasteiger partial charge is 0.109 e. The molecule has 1 atom stereocenters. The molecule has 2 heterocycles. The molecule has 17 heavy (non-hydrogen) atoms. The zero-order valence-electron chi connectivity index (χ0n) is 10.3. The minimum atomic E-state index is 1.13. The van der Waals surface area contributed by atoms with Crippen LogP contribution in [-0.2, 0) is 6.42 Å². The highest BCUT2D eigenvalue weighted by atomic mass is 15.1. The predicted molar refractivity (Wildman–Crippen MR) is 71.1 cm³/mol. The van der Waals surface area contributed by atoms with Crippen LogP contribution in [0.5, 0.6) is 0 Å². The highest BCUT2D eigenvalue weighted by Gasteiger charge is 2.19. The Kier molecular flexibility index (Phi) is 3.00. The number of quaternary nitrogens is 1. The van der Waals surface area contributed by atoms with Gasteiger partial charge in [-0.15, -0.1) is 7.05 Å². The summed E-state index contributed by atoms with van der Waals surface area (Å²) >= 11 is 0. The van der Waals surface area contributed by atoms with Gasteiger partial charge in [0.05, 0.1) is 6.54 Å². The first-order chi connectivity index (χ1) is 8.34. The van der Waals surface area contributed by atoms with Crippen molar-refractivity contribution < 1.29 is 4.90 Å². The lowest BCUT2D eigenvalue weighted by atomic mass is 9.98. The average Bonchev–Trinajstić information content (AvgIpc) is 2.74. The summed E-state index contributed by atoms with van der Waals surface area (Å²) in [4.78, 5) is 1.31. The molecule has 1 fully saturated rings. The van der Waals surface area contributed by atoms with Crippen molar-refractivity contribution in [1.82, 2.24) is 5.32 Å². The largest absolute Gasteiger partial charge is 0.434 e. The van der Waals surface area contributed by atoms with Crippen molar-refractivity contribution >= 4 is 11.8 Å². The molecule has 0 aliphatic carbocycles. The van der Waals surface area contributed by atoms with E-state index in [0.29, 0.717) is 0 Å². The number of hydrogen-bond acceptors (Lipinski definition) is 1. The molecular weight excluding hydrogens is 208 g/mol. The van der Waals surface area contributed by atoms with E-state index in [2.05, 4.69) is 36.6 Å². The van der Waals surface area contributed by atoms with E-state index in [9.17, 15) is 0 Å². The van der Waals surface area contributed by atoms with Crippen LogP contribution in [0.15, 0.2) is 23.8 Å². The van der Waals surface area contributed by atoms with E-state index in [1.807, 2.05) is 0 Å². The minimum absolute atomic E-state index is 1.13. The van der Waals surface area contributed by atoms with Gasteiger partial charge in [-0.05, 0) is 37.6 Å². The van der Waals surface area contributed by atoms with Crippen molar-refractivity contribution in [3.05, 3.63) is 41.9 Å². The van der Waals surface area contributed by atoms with E-state index in [4.69, 9.17) is 0 Å². The van der Waals surface area contributed by atoms with Crippen LogP contribution in [0, 0.1) is 7.05 Å². The fourth-order valence-corrected chi connectivity index (χ4v) is 2.87. The molecule has 90 valence electrons. The molecule has 0 radical (unpaired) electrons. The molecule has 0 aromatic heterocycles. The van der Waals surface area contributed by atoms with E-state index in [1.54, 1.807) is 5.57 Å². The summed E-state index contributed by atoms with van der Waals surface area (Å²) in [5.74, 6) is 0. The van der Waals surface area contributed by atoms with Crippen LogP contribution in [0.25, 0.3) is 6.08 Å². The SMILES string of the molecule is [CH2-][NH+]1CCc2c(C=C3CCNCC3)cccc21. The molecule has 2 aliphatic heterocycles. The van der Waals surface area contributed by atoms with Gasteiger partial charge in [0.2, 0.25) is 0 Å². The molecule has 2 aliphatic rings. The third-order valence-corrected chi connectivity index (χ3v) is 3.88. The maximum absolute atomic E-state index is 4.15. The van der Waals surface area contributed by atoms with Crippen LogP contribution in [0.2, 0.25) is 0 Å². The van der Waals surface area contributed by atoms with Gasteiger partial charge >= 0.3 is 0 Å². The lowest BCUT2D eigenvalue weighted by Crippen LogP contribution is -3.00. The van der Waals surface area contributed by atoms with Gasteiger partial charge in [-0.2, -0.15) is 0 Å². The first-order valence-electron chi connectivity index (χ1n) is 6.55. The molecule has 0 spiro atoms. The summed E-state index contributed by atoms with van der Waals surface area (Å²) in [7, 11) is 4.15. The first kappa shape index (κ1) is 11.0. The Morgan fingerprint density at radius 3 is 2.82 bits per heavy atom. The minimum Gasteiger partial charge on any atom is -0.434 e. The molecule has 2 nitrogen and oxygen atoms in total. The van der Waals surface area contributed by atoms with E-state index in [0.717, 1.165) is 19.6 Å². The number of piperidine rings is 1. The molecule has 2 N–H and O–H groups in total. The lowest BCUT2D eigenvalue weighted by Gasteiger charge is -2.16. The number of hydrogen-bond donors (Lipinski definition) is 2. The average molecular weight is 228 g/mol. The summed E-state index contributed by atoms with van der Waals surface area (Å²) in [6.45, 7) is 3.40.